The van der Waals surface area contributed by atoms with Crippen molar-refractivity contribution in [3.05, 3.63) is 96.1 Å². The first-order valence-electron chi connectivity index (χ1n) is 9.44. The predicted molar refractivity (Wildman–Crippen MR) is 118 cm³/mol. The van der Waals surface area contributed by atoms with Gasteiger partial charge in [-0.15, -0.1) is 0 Å². The molecule has 0 spiro atoms. The van der Waals surface area contributed by atoms with Crippen LogP contribution in [0.4, 0.5) is 11.4 Å². The molecule has 127 valence electrons. The second kappa shape index (κ2) is 5.70. The van der Waals surface area contributed by atoms with E-state index < -0.39 is 8.80 Å². The molecule has 0 aromatic heterocycles. The molecule has 0 saturated heterocycles. The molecule has 0 saturated carbocycles. The lowest BCUT2D eigenvalue weighted by atomic mass is 9.92. The van der Waals surface area contributed by atoms with Gasteiger partial charge in [0.05, 0.1) is 0 Å². The monoisotopic (exact) mass is 360 g/mol. The number of anilines is 2. The van der Waals surface area contributed by atoms with E-state index >= 15 is 0 Å². The van der Waals surface area contributed by atoms with Crippen LogP contribution in [0.2, 0.25) is 0 Å². The highest BCUT2D eigenvalue weighted by Crippen LogP contribution is 2.33. The number of para-hydroxylation sites is 1. The molecule has 27 heavy (non-hydrogen) atoms. The molecule has 2 aliphatic rings. The summed E-state index contributed by atoms with van der Waals surface area (Å²) in [6.45, 7) is 0. The van der Waals surface area contributed by atoms with Crippen molar-refractivity contribution in [2.24, 2.45) is 0 Å². The Balaban J connectivity index is 1.73. The van der Waals surface area contributed by atoms with E-state index in [2.05, 4.69) is 96.3 Å². The fourth-order valence-corrected chi connectivity index (χ4v) is 7.60. The first-order valence-corrected chi connectivity index (χ1v) is 10.9. The summed E-state index contributed by atoms with van der Waals surface area (Å²) < 4.78 is 0. The third-order valence-corrected chi connectivity index (χ3v) is 8.66. The van der Waals surface area contributed by atoms with Gasteiger partial charge in [0.2, 0.25) is 0 Å². The SMILES string of the molecule is C1=Cc2cccc3cc4c(c(c23)C1)[Si](c1ccccc1)c1ccccc1N4. The fraction of sp³-hybridized carbons (Fsp3) is 0.0400. The van der Waals surface area contributed by atoms with Crippen molar-refractivity contribution in [3.8, 4) is 0 Å². The Morgan fingerprint density at radius 1 is 0.778 bits per heavy atom. The van der Waals surface area contributed by atoms with Gasteiger partial charge in [0, 0.05) is 11.4 Å². The van der Waals surface area contributed by atoms with Gasteiger partial charge in [-0.3, -0.25) is 0 Å². The van der Waals surface area contributed by atoms with Gasteiger partial charge in [-0.05, 0) is 50.8 Å². The largest absolute Gasteiger partial charge is 0.356 e. The zero-order valence-electron chi connectivity index (χ0n) is 14.9. The van der Waals surface area contributed by atoms with Gasteiger partial charge in [0.15, 0.2) is 8.80 Å². The Bertz CT molecular complexity index is 1220. The van der Waals surface area contributed by atoms with Crippen LogP contribution in [0.25, 0.3) is 16.8 Å². The lowest BCUT2D eigenvalue weighted by Gasteiger charge is -2.32. The second-order valence-electron chi connectivity index (χ2n) is 7.24. The summed E-state index contributed by atoms with van der Waals surface area (Å²) in [6.07, 6.45) is 5.62. The molecule has 1 nitrogen and oxygen atoms in total. The van der Waals surface area contributed by atoms with Crippen LogP contribution in [0.15, 0.2) is 84.9 Å². The Labute approximate surface area is 160 Å². The van der Waals surface area contributed by atoms with E-state index in [9.17, 15) is 0 Å². The fourth-order valence-electron chi connectivity index (χ4n) is 4.60. The summed E-state index contributed by atoms with van der Waals surface area (Å²) in [7, 11) is -1.05. The van der Waals surface area contributed by atoms with E-state index in [0.29, 0.717) is 0 Å². The number of hydrogen-bond donors (Lipinski definition) is 1. The van der Waals surface area contributed by atoms with Gasteiger partial charge in [-0.2, -0.15) is 0 Å². The van der Waals surface area contributed by atoms with Crippen molar-refractivity contribution >= 4 is 52.6 Å². The Morgan fingerprint density at radius 2 is 1.63 bits per heavy atom. The van der Waals surface area contributed by atoms with E-state index in [-0.39, 0.29) is 0 Å². The number of rotatable bonds is 1. The molecule has 0 atom stereocenters. The zero-order chi connectivity index (χ0) is 17.8. The van der Waals surface area contributed by atoms with E-state index in [1.807, 2.05) is 0 Å². The molecule has 4 aromatic rings. The molecule has 1 N–H and O–H groups in total. The maximum Gasteiger partial charge on any atom is 0.160 e. The topological polar surface area (TPSA) is 12.0 Å². The minimum atomic E-state index is -1.05. The normalized spacial score (nSPS) is 14.5. The third kappa shape index (κ3) is 2.17. The second-order valence-corrected chi connectivity index (χ2v) is 9.61. The summed E-state index contributed by atoms with van der Waals surface area (Å²) >= 11 is 0. The van der Waals surface area contributed by atoms with Crippen LogP contribution in [-0.2, 0) is 6.42 Å². The molecule has 1 aliphatic carbocycles. The van der Waals surface area contributed by atoms with Gasteiger partial charge >= 0.3 is 0 Å². The number of nitrogens with one attached hydrogen (secondary N) is 1. The van der Waals surface area contributed by atoms with Crippen LogP contribution in [0.1, 0.15) is 11.1 Å². The van der Waals surface area contributed by atoms with Gasteiger partial charge in [0.25, 0.3) is 0 Å². The Kier molecular flexibility index (Phi) is 3.17. The van der Waals surface area contributed by atoms with Crippen LogP contribution in [0, 0.1) is 0 Å². The van der Waals surface area contributed by atoms with Gasteiger partial charge in [-0.1, -0.05) is 84.1 Å². The average molecular weight is 361 g/mol. The molecule has 0 unspecified atom stereocenters. The van der Waals surface area contributed by atoms with Gasteiger partial charge < -0.3 is 5.32 Å². The third-order valence-electron chi connectivity index (χ3n) is 5.70. The van der Waals surface area contributed by atoms with Crippen molar-refractivity contribution < 1.29 is 0 Å². The average Bonchev–Trinajstić information content (AvgIpc) is 2.73. The summed E-state index contributed by atoms with van der Waals surface area (Å²) in [4.78, 5) is 0. The van der Waals surface area contributed by atoms with Gasteiger partial charge in [0.1, 0.15) is 0 Å². The molecule has 1 heterocycles. The molecule has 1 aliphatic heterocycles. The first-order chi connectivity index (χ1) is 13.4. The lowest BCUT2D eigenvalue weighted by Crippen LogP contribution is -2.57. The highest BCUT2D eigenvalue weighted by atomic mass is 28.3. The van der Waals surface area contributed by atoms with Crippen molar-refractivity contribution in [1.29, 1.82) is 0 Å². The molecule has 1 radical (unpaired) electrons. The van der Waals surface area contributed by atoms with Crippen molar-refractivity contribution in [2.45, 2.75) is 6.42 Å². The standard InChI is InChI=1S/C25H18NSi/c1-2-11-19(12-3-1)27-23-15-5-4-14-21(23)26-22-16-18-10-6-8-17-9-7-13-20(24(17)18)25(22)27/h1-12,14-16,26H,13H2. The van der Waals surface area contributed by atoms with Crippen molar-refractivity contribution in [1.82, 2.24) is 0 Å². The lowest BCUT2D eigenvalue weighted by molar-refractivity contribution is 1.31. The number of benzene rings is 4. The molecule has 0 fully saturated rings. The van der Waals surface area contributed by atoms with E-state index in [1.165, 1.54) is 48.8 Å². The summed E-state index contributed by atoms with van der Waals surface area (Å²) in [6, 6.07) is 28.9. The smallest absolute Gasteiger partial charge is 0.160 e. The highest BCUT2D eigenvalue weighted by Gasteiger charge is 2.32. The van der Waals surface area contributed by atoms with Crippen molar-refractivity contribution in [3.63, 3.8) is 0 Å². The molecule has 0 bridgehead atoms. The molecule has 2 heteroatoms. The van der Waals surface area contributed by atoms with Crippen LogP contribution in [-0.4, -0.2) is 8.80 Å². The van der Waals surface area contributed by atoms with E-state index in [1.54, 1.807) is 0 Å². The number of fused-ring (bicyclic) bond motifs is 3. The van der Waals surface area contributed by atoms with Crippen LogP contribution < -0.4 is 20.9 Å². The Morgan fingerprint density at radius 3 is 2.56 bits per heavy atom. The quantitative estimate of drug-likeness (QED) is 0.446. The molecular weight excluding hydrogens is 342 g/mol. The first kappa shape index (κ1) is 15.0. The van der Waals surface area contributed by atoms with Crippen LogP contribution in [0.3, 0.4) is 0 Å². The summed E-state index contributed by atoms with van der Waals surface area (Å²) in [5, 5.41) is 11.0. The molecule has 6 rings (SSSR count). The maximum atomic E-state index is 3.75. The number of allylic oxidation sites excluding steroid dienone is 1. The van der Waals surface area contributed by atoms with E-state index in [4.69, 9.17) is 0 Å². The summed E-state index contributed by atoms with van der Waals surface area (Å²) in [5.74, 6) is 0. The zero-order valence-corrected chi connectivity index (χ0v) is 15.9. The minimum Gasteiger partial charge on any atom is -0.356 e. The Hall–Kier alpha value is -3.10. The highest BCUT2D eigenvalue weighted by molar-refractivity contribution is 6.98. The molecule has 4 aromatic carbocycles. The molecular formula is C25H18NSi. The van der Waals surface area contributed by atoms with Gasteiger partial charge in [-0.25, -0.2) is 0 Å². The van der Waals surface area contributed by atoms with Crippen LogP contribution >= 0.6 is 0 Å². The van der Waals surface area contributed by atoms with Crippen molar-refractivity contribution in [2.75, 3.05) is 5.32 Å². The maximum absolute atomic E-state index is 3.75. The number of hydrogen-bond acceptors (Lipinski definition) is 1. The minimum absolute atomic E-state index is 1.02. The predicted octanol–water partition coefficient (Wildman–Crippen LogP) is 3.98. The summed E-state index contributed by atoms with van der Waals surface area (Å²) in [5.41, 5.74) is 5.42. The van der Waals surface area contributed by atoms with Crippen LogP contribution in [0.5, 0.6) is 0 Å². The van der Waals surface area contributed by atoms with E-state index in [0.717, 1.165) is 6.42 Å². The molecule has 0 amide bonds.